The molecule has 2 aliphatic heterocycles. The summed E-state index contributed by atoms with van der Waals surface area (Å²) in [6, 6.07) is 1.59. The number of urea groups is 1. The summed E-state index contributed by atoms with van der Waals surface area (Å²) < 4.78 is 0. The quantitative estimate of drug-likeness (QED) is 0.753. The van der Waals surface area contributed by atoms with E-state index in [0.29, 0.717) is 37.4 Å². The standard InChI is InChI=1S/C20H24N4O3S2/c1-12-16(29-13(2)21-12)17(25)23-7-4-15(5-8-23)20(3)18(26)24(19(27)22-20)10-14-6-9-28-11-14/h6,9,11,15H,4-5,7-8,10H2,1-3H3,(H,22,27)/t20-/m1/s1. The Bertz CT molecular complexity index is 947. The Kier molecular flexibility index (Phi) is 5.20. The fraction of sp³-hybridized carbons (Fsp3) is 0.500. The molecule has 0 bridgehead atoms. The summed E-state index contributed by atoms with van der Waals surface area (Å²) in [5, 5.41) is 7.70. The number of imide groups is 1. The largest absolute Gasteiger partial charge is 0.338 e. The van der Waals surface area contributed by atoms with Crippen LogP contribution >= 0.6 is 22.7 Å². The number of nitrogens with zero attached hydrogens (tertiary/aromatic N) is 3. The van der Waals surface area contributed by atoms with Crippen molar-refractivity contribution in [1.29, 1.82) is 0 Å². The summed E-state index contributed by atoms with van der Waals surface area (Å²) in [5.41, 5.74) is 0.812. The molecular weight excluding hydrogens is 408 g/mol. The second-order valence-electron chi connectivity index (χ2n) is 7.87. The fourth-order valence-corrected chi connectivity index (χ4v) is 5.78. The van der Waals surface area contributed by atoms with Gasteiger partial charge < -0.3 is 10.2 Å². The van der Waals surface area contributed by atoms with E-state index in [1.54, 1.807) is 11.3 Å². The van der Waals surface area contributed by atoms with E-state index >= 15 is 0 Å². The first-order valence-electron chi connectivity index (χ1n) is 9.68. The maximum atomic E-state index is 13.1. The van der Waals surface area contributed by atoms with Gasteiger partial charge in [0.05, 0.1) is 17.2 Å². The minimum Gasteiger partial charge on any atom is -0.338 e. The zero-order valence-electron chi connectivity index (χ0n) is 16.7. The van der Waals surface area contributed by atoms with Gasteiger partial charge in [-0.05, 0) is 61.9 Å². The van der Waals surface area contributed by atoms with Crippen LogP contribution in [0.3, 0.4) is 0 Å². The van der Waals surface area contributed by atoms with E-state index in [-0.39, 0.29) is 23.8 Å². The first-order valence-corrected chi connectivity index (χ1v) is 11.4. The zero-order valence-corrected chi connectivity index (χ0v) is 18.4. The van der Waals surface area contributed by atoms with Crippen LogP contribution in [0.4, 0.5) is 4.79 Å². The van der Waals surface area contributed by atoms with Gasteiger partial charge in [-0.2, -0.15) is 11.3 Å². The van der Waals surface area contributed by atoms with Gasteiger partial charge in [0.25, 0.3) is 11.8 Å². The average molecular weight is 433 g/mol. The van der Waals surface area contributed by atoms with E-state index in [1.165, 1.54) is 16.2 Å². The van der Waals surface area contributed by atoms with E-state index in [0.717, 1.165) is 16.3 Å². The van der Waals surface area contributed by atoms with E-state index in [4.69, 9.17) is 0 Å². The van der Waals surface area contributed by atoms with Gasteiger partial charge in [-0.3, -0.25) is 14.5 Å². The topological polar surface area (TPSA) is 82.6 Å². The van der Waals surface area contributed by atoms with Crippen molar-refractivity contribution in [2.75, 3.05) is 13.1 Å². The molecule has 2 saturated heterocycles. The second-order valence-corrected chi connectivity index (χ2v) is 9.85. The SMILES string of the molecule is Cc1nc(C)c(C(=O)N2CCC([C@@]3(C)NC(=O)N(Cc4ccsc4)C3=O)CC2)s1. The third kappa shape index (κ3) is 3.57. The highest BCUT2D eigenvalue weighted by Gasteiger charge is 2.52. The summed E-state index contributed by atoms with van der Waals surface area (Å²) in [4.78, 5) is 46.6. The monoisotopic (exact) mass is 432 g/mol. The number of thiophene rings is 1. The number of thiazole rings is 1. The number of likely N-dealkylation sites (tertiary alicyclic amines) is 1. The molecule has 0 saturated carbocycles. The van der Waals surface area contributed by atoms with Crippen LogP contribution in [0.2, 0.25) is 0 Å². The van der Waals surface area contributed by atoms with Gasteiger partial charge in [0.2, 0.25) is 0 Å². The van der Waals surface area contributed by atoms with Crippen LogP contribution in [0, 0.1) is 19.8 Å². The van der Waals surface area contributed by atoms with Crippen molar-refractivity contribution in [3.63, 3.8) is 0 Å². The fourth-order valence-electron chi connectivity index (χ4n) is 4.23. The number of nitrogens with one attached hydrogen (secondary N) is 1. The average Bonchev–Trinajstić information content (AvgIpc) is 3.38. The molecule has 0 spiro atoms. The van der Waals surface area contributed by atoms with Crippen LogP contribution in [-0.4, -0.2) is 51.3 Å². The summed E-state index contributed by atoms with van der Waals surface area (Å²) in [7, 11) is 0. The van der Waals surface area contributed by atoms with E-state index < -0.39 is 5.54 Å². The normalized spacial score (nSPS) is 23.0. The number of carbonyl (C=O) groups excluding carboxylic acids is 3. The lowest BCUT2D eigenvalue weighted by Gasteiger charge is -2.38. The number of amides is 4. The summed E-state index contributed by atoms with van der Waals surface area (Å²) >= 11 is 2.97. The lowest BCUT2D eigenvalue weighted by Crippen LogP contribution is -2.54. The lowest BCUT2D eigenvalue weighted by molar-refractivity contribution is -0.133. The molecule has 4 heterocycles. The van der Waals surface area contributed by atoms with Crippen LogP contribution in [0.25, 0.3) is 0 Å². The van der Waals surface area contributed by atoms with Crippen molar-refractivity contribution < 1.29 is 14.4 Å². The first kappa shape index (κ1) is 20.0. The molecule has 2 fully saturated rings. The van der Waals surface area contributed by atoms with Crippen LogP contribution in [-0.2, 0) is 11.3 Å². The molecule has 2 aliphatic rings. The Morgan fingerprint density at radius 3 is 2.62 bits per heavy atom. The van der Waals surface area contributed by atoms with Crippen LogP contribution in [0.15, 0.2) is 16.8 Å². The Hall–Kier alpha value is -2.26. The van der Waals surface area contributed by atoms with Crippen LogP contribution < -0.4 is 5.32 Å². The van der Waals surface area contributed by atoms with Crippen molar-refractivity contribution in [3.05, 3.63) is 38.0 Å². The molecule has 1 atom stereocenters. The van der Waals surface area contributed by atoms with Crippen LogP contribution in [0.1, 0.15) is 45.7 Å². The Morgan fingerprint density at radius 1 is 1.31 bits per heavy atom. The highest BCUT2D eigenvalue weighted by molar-refractivity contribution is 7.13. The third-order valence-electron chi connectivity index (χ3n) is 5.92. The van der Waals surface area contributed by atoms with Gasteiger partial charge in [-0.1, -0.05) is 0 Å². The van der Waals surface area contributed by atoms with E-state index in [2.05, 4.69) is 10.3 Å². The smallest absolute Gasteiger partial charge is 0.325 e. The van der Waals surface area contributed by atoms with Gasteiger partial charge >= 0.3 is 6.03 Å². The van der Waals surface area contributed by atoms with Crippen molar-refractivity contribution in [2.24, 2.45) is 5.92 Å². The maximum absolute atomic E-state index is 13.1. The molecule has 0 aliphatic carbocycles. The molecule has 154 valence electrons. The molecule has 2 aromatic heterocycles. The Morgan fingerprint density at radius 2 is 2.03 bits per heavy atom. The molecule has 2 aromatic rings. The number of carbonyl (C=O) groups is 3. The van der Waals surface area contributed by atoms with Crippen molar-refractivity contribution in [3.8, 4) is 0 Å². The summed E-state index contributed by atoms with van der Waals surface area (Å²) in [6.07, 6.45) is 1.36. The highest BCUT2D eigenvalue weighted by Crippen LogP contribution is 2.35. The number of hydrogen-bond donors (Lipinski definition) is 1. The maximum Gasteiger partial charge on any atom is 0.325 e. The molecule has 4 amide bonds. The molecule has 0 radical (unpaired) electrons. The van der Waals surface area contributed by atoms with Gasteiger partial charge in [0, 0.05) is 13.1 Å². The first-order chi connectivity index (χ1) is 13.8. The molecule has 0 aromatic carbocycles. The molecular formula is C20H24N4O3S2. The van der Waals surface area contributed by atoms with Gasteiger partial charge in [-0.15, -0.1) is 11.3 Å². The van der Waals surface area contributed by atoms with E-state index in [9.17, 15) is 14.4 Å². The minimum atomic E-state index is -0.917. The predicted molar refractivity (Wildman–Crippen MR) is 112 cm³/mol. The summed E-state index contributed by atoms with van der Waals surface area (Å²) in [5.74, 6) is -0.162. The number of rotatable bonds is 4. The van der Waals surface area contributed by atoms with Crippen LogP contribution in [0.5, 0.6) is 0 Å². The highest BCUT2D eigenvalue weighted by atomic mass is 32.1. The predicted octanol–water partition coefficient (Wildman–Crippen LogP) is 3.18. The molecule has 9 heteroatoms. The summed E-state index contributed by atoms with van der Waals surface area (Å²) in [6.45, 7) is 7.02. The Labute approximate surface area is 177 Å². The van der Waals surface area contributed by atoms with E-state index in [1.807, 2.05) is 42.5 Å². The third-order valence-corrected chi connectivity index (χ3v) is 7.71. The zero-order chi connectivity index (χ0) is 20.8. The van der Waals surface area contributed by atoms with Gasteiger partial charge in [0.15, 0.2) is 0 Å². The lowest BCUT2D eigenvalue weighted by atomic mass is 9.79. The number of aromatic nitrogens is 1. The van der Waals surface area contributed by atoms with Crippen molar-refractivity contribution in [1.82, 2.24) is 20.1 Å². The number of aryl methyl sites for hydroxylation is 2. The molecule has 7 nitrogen and oxygen atoms in total. The second kappa shape index (κ2) is 7.53. The number of hydrogen-bond acceptors (Lipinski definition) is 6. The molecule has 0 unspecified atom stereocenters. The number of piperidine rings is 1. The molecule has 1 N–H and O–H groups in total. The molecule has 4 rings (SSSR count). The Balaban J connectivity index is 1.42. The van der Waals surface area contributed by atoms with Crippen molar-refractivity contribution >= 4 is 40.5 Å². The van der Waals surface area contributed by atoms with Crippen molar-refractivity contribution in [2.45, 2.75) is 45.7 Å². The molecule has 29 heavy (non-hydrogen) atoms. The minimum absolute atomic E-state index is 0.000214. The van der Waals surface area contributed by atoms with Gasteiger partial charge in [-0.25, -0.2) is 9.78 Å². The van der Waals surface area contributed by atoms with Gasteiger partial charge in [0.1, 0.15) is 10.4 Å².